The van der Waals surface area contributed by atoms with Gasteiger partial charge < -0.3 is 14.6 Å². The fraction of sp³-hybridized carbons (Fsp3) is 0.269. The number of ether oxygens (including phenoxy) is 1. The smallest absolute Gasteiger partial charge is 0.339 e. The summed E-state index contributed by atoms with van der Waals surface area (Å²) in [5, 5.41) is 4.60. The molecule has 1 fully saturated rings. The Morgan fingerprint density at radius 2 is 2.06 bits per heavy atom. The van der Waals surface area contributed by atoms with Gasteiger partial charge in [-0.2, -0.15) is 0 Å². The minimum absolute atomic E-state index is 0.306. The third kappa shape index (κ3) is 4.42. The summed E-state index contributed by atoms with van der Waals surface area (Å²) in [5.74, 6) is 0.283. The highest BCUT2D eigenvalue weighted by Gasteiger charge is 2.25. The highest BCUT2D eigenvalue weighted by atomic mass is 127. The number of anilines is 2. The summed E-state index contributed by atoms with van der Waals surface area (Å²) in [7, 11) is 1.43. The van der Waals surface area contributed by atoms with Crippen molar-refractivity contribution in [1.29, 1.82) is 0 Å². The monoisotopic (exact) mass is 524 g/mol. The molecule has 0 bridgehead atoms. The van der Waals surface area contributed by atoms with Crippen LogP contribution in [0.3, 0.4) is 0 Å². The van der Waals surface area contributed by atoms with Crippen molar-refractivity contribution < 1.29 is 9.53 Å². The largest absolute Gasteiger partial charge is 0.465 e. The van der Waals surface area contributed by atoms with Crippen molar-refractivity contribution in [2.75, 3.05) is 12.4 Å². The lowest BCUT2D eigenvalue weighted by Crippen LogP contribution is -2.06. The van der Waals surface area contributed by atoms with Crippen LogP contribution in [0, 0.1) is 0 Å². The summed E-state index contributed by atoms with van der Waals surface area (Å²) in [5.41, 5.74) is 6.10. The summed E-state index contributed by atoms with van der Waals surface area (Å²) >= 11 is 2.47. The van der Waals surface area contributed by atoms with Crippen molar-refractivity contribution in [2.45, 2.75) is 35.6 Å². The Morgan fingerprint density at radius 1 is 1.19 bits per heavy atom. The molecule has 1 N–H and O–H groups in total. The quantitative estimate of drug-likeness (QED) is 0.221. The zero-order valence-corrected chi connectivity index (χ0v) is 19.6. The normalized spacial score (nSPS) is 18.1. The van der Waals surface area contributed by atoms with Gasteiger partial charge >= 0.3 is 5.97 Å². The summed E-state index contributed by atoms with van der Waals surface area (Å²) in [6.45, 7) is 0.880. The second-order valence-electron chi connectivity index (χ2n) is 8.30. The van der Waals surface area contributed by atoms with E-state index in [1.54, 1.807) is 0 Å². The minimum atomic E-state index is -0.306. The van der Waals surface area contributed by atoms with Gasteiger partial charge in [-0.05, 0) is 72.7 Å². The number of aromatic nitrogens is 1. The number of benzene rings is 2. The maximum atomic E-state index is 12.4. The molecular weight excluding hydrogens is 499 g/mol. The second-order valence-corrected chi connectivity index (χ2v) is 9.90. The first-order chi connectivity index (χ1) is 15.1. The van der Waals surface area contributed by atoms with Gasteiger partial charge in [0.05, 0.1) is 18.4 Å². The van der Waals surface area contributed by atoms with Crippen LogP contribution in [0.25, 0.3) is 10.9 Å². The molecule has 1 atom stereocenters. The van der Waals surface area contributed by atoms with Crippen molar-refractivity contribution in [3.8, 4) is 0 Å². The highest BCUT2D eigenvalue weighted by Crippen LogP contribution is 2.41. The SMILES string of the molecule is COC(=O)c1cc(C2CC2)ccc1Nc1ccc2c(ccn2CC2=CCC(I)C=C2)c1. The lowest BCUT2D eigenvalue weighted by molar-refractivity contribution is 0.0602. The van der Waals surface area contributed by atoms with Crippen molar-refractivity contribution in [1.82, 2.24) is 4.57 Å². The Balaban J connectivity index is 1.39. The Hall–Kier alpha value is -2.54. The number of hydrogen-bond acceptors (Lipinski definition) is 3. The molecule has 0 saturated heterocycles. The predicted octanol–water partition coefficient (Wildman–Crippen LogP) is 6.74. The topological polar surface area (TPSA) is 43.3 Å². The molecular formula is C26H25IN2O2. The number of alkyl halides is 1. The van der Waals surface area contributed by atoms with Gasteiger partial charge in [-0.3, -0.25) is 0 Å². The molecule has 2 aromatic carbocycles. The molecule has 31 heavy (non-hydrogen) atoms. The van der Waals surface area contributed by atoms with E-state index in [-0.39, 0.29) is 5.97 Å². The van der Waals surface area contributed by atoms with Crippen LogP contribution >= 0.6 is 22.6 Å². The molecule has 0 amide bonds. The van der Waals surface area contributed by atoms with E-state index >= 15 is 0 Å². The third-order valence-electron chi connectivity index (χ3n) is 6.02. The average molecular weight is 524 g/mol. The van der Waals surface area contributed by atoms with Crippen LogP contribution in [0.1, 0.15) is 41.1 Å². The number of hydrogen-bond donors (Lipinski definition) is 1. The molecule has 1 saturated carbocycles. The van der Waals surface area contributed by atoms with Crippen molar-refractivity contribution in [3.63, 3.8) is 0 Å². The average Bonchev–Trinajstić information content (AvgIpc) is 3.57. The first-order valence-electron chi connectivity index (χ1n) is 10.7. The van der Waals surface area contributed by atoms with Crippen LogP contribution < -0.4 is 5.32 Å². The number of halogens is 1. The first-order valence-corrected chi connectivity index (χ1v) is 11.9. The molecule has 158 valence electrons. The second kappa shape index (κ2) is 8.54. The van der Waals surface area contributed by atoms with Crippen LogP contribution in [0.2, 0.25) is 0 Å². The molecule has 0 aliphatic heterocycles. The van der Waals surface area contributed by atoms with Crippen molar-refractivity contribution in [2.24, 2.45) is 0 Å². The summed E-state index contributed by atoms with van der Waals surface area (Å²) in [6, 6.07) is 14.6. The standard InChI is InChI=1S/C26H25IN2O2/c1-31-26(30)23-15-19(18-4-5-18)6-10-24(23)28-22-9-11-25-20(14-22)12-13-29(25)16-17-2-7-21(27)8-3-17/h2-3,6-7,9-15,18,21,28H,4-5,8,16H2,1H3. The Bertz CT molecular complexity index is 1200. The summed E-state index contributed by atoms with van der Waals surface area (Å²) < 4.78 is 7.91. The van der Waals surface area contributed by atoms with Crippen LogP contribution in [-0.2, 0) is 11.3 Å². The molecule has 1 heterocycles. The minimum Gasteiger partial charge on any atom is -0.465 e. The van der Waals surface area contributed by atoms with E-state index in [9.17, 15) is 4.79 Å². The molecule has 1 unspecified atom stereocenters. The molecule has 0 spiro atoms. The van der Waals surface area contributed by atoms with E-state index in [1.165, 1.54) is 42.0 Å². The molecule has 5 heteroatoms. The number of nitrogens with zero attached hydrogens (tertiary/aromatic N) is 1. The van der Waals surface area contributed by atoms with Gasteiger partial charge in [0.15, 0.2) is 0 Å². The lowest BCUT2D eigenvalue weighted by atomic mass is 10.0. The molecule has 3 aromatic rings. The van der Waals surface area contributed by atoms with Gasteiger partial charge in [0.25, 0.3) is 0 Å². The van der Waals surface area contributed by atoms with E-state index < -0.39 is 0 Å². The Kier molecular flexibility index (Phi) is 5.61. The number of carbonyl (C=O) groups excluding carboxylic acids is 1. The van der Waals surface area contributed by atoms with E-state index in [1.807, 2.05) is 12.1 Å². The van der Waals surface area contributed by atoms with Gasteiger partial charge in [0.1, 0.15) is 0 Å². The Morgan fingerprint density at radius 3 is 2.81 bits per heavy atom. The van der Waals surface area contributed by atoms with Gasteiger partial charge in [0, 0.05) is 33.3 Å². The molecule has 2 aliphatic carbocycles. The number of fused-ring (bicyclic) bond motifs is 1. The number of allylic oxidation sites excluding steroid dienone is 4. The zero-order valence-electron chi connectivity index (χ0n) is 17.5. The summed E-state index contributed by atoms with van der Waals surface area (Å²) in [4.78, 5) is 12.4. The van der Waals surface area contributed by atoms with Gasteiger partial charge in [-0.15, -0.1) is 0 Å². The van der Waals surface area contributed by atoms with Gasteiger partial charge in [-0.25, -0.2) is 4.79 Å². The molecule has 4 nitrogen and oxygen atoms in total. The lowest BCUT2D eigenvalue weighted by Gasteiger charge is -2.14. The van der Waals surface area contributed by atoms with Crippen LogP contribution in [0.5, 0.6) is 0 Å². The van der Waals surface area contributed by atoms with Crippen LogP contribution in [0.4, 0.5) is 11.4 Å². The van der Waals surface area contributed by atoms with Gasteiger partial charge in [0.2, 0.25) is 0 Å². The van der Waals surface area contributed by atoms with Crippen molar-refractivity contribution >= 4 is 50.8 Å². The predicted molar refractivity (Wildman–Crippen MR) is 135 cm³/mol. The maximum Gasteiger partial charge on any atom is 0.339 e. The number of rotatable bonds is 6. The molecule has 1 aromatic heterocycles. The molecule has 2 aliphatic rings. The van der Waals surface area contributed by atoms with E-state index in [2.05, 4.69) is 87.2 Å². The zero-order chi connectivity index (χ0) is 21.4. The van der Waals surface area contributed by atoms with Crippen LogP contribution in [0.15, 0.2) is 72.5 Å². The maximum absolute atomic E-state index is 12.4. The first kappa shape index (κ1) is 20.4. The number of esters is 1. The number of nitrogens with one attached hydrogen (secondary N) is 1. The molecule has 5 rings (SSSR count). The van der Waals surface area contributed by atoms with E-state index in [0.29, 0.717) is 15.4 Å². The van der Waals surface area contributed by atoms with Gasteiger partial charge in [-0.1, -0.05) is 46.9 Å². The fourth-order valence-corrected chi connectivity index (χ4v) is 4.61. The fourth-order valence-electron chi connectivity index (χ4n) is 4.14. The Labute approximate surface area is 196 Å². The highest BCUT2D eigenvalue weighted by molar-refractivity contribution is 14.1. The number of methoxy groups -OCH3 is 1. The summed E-state index contributed by atoms with van der Waals surface area (Å²) in [6.07, 6.45) is 12.5. The van der Waals surface area contributed by atoms with Crippen molar-refractivity contribution in [3.05, 3.63) is 83.6 Å². The van der Waals surface area contributed by atoms with Crippen LogP contribution in [-0.4, -0.2) is 21.6 Å². The molecule has 0 radical (unpaired) electrons. The van der Waals surface area contributed by atoms with E-state index in [4.69, 9.17) is 4.74 Å². The third-order valence-corrected chi connectivity index (χ3v) is 6.95. The van der Waals surface area contributed by atoms with E-state index in [0.717, 1.165) is 24.3 Å². The number of carbonyl (C=O) groups is 1.